The van der Waals surface area contributed by atoms with E-state index in [0.717, 1.165) is 5.69 Å². The van der Waals surface area contributed by atoms with Crippen LogP contribution in [0.5, 0.6) is 0 Å². The van der Waals surface area contributed by atoms with E-state index in [-0.39, 0.29) is 22.6 Å². The van der Waals surface area contributed by atoms with Crippen molar-refractivity contribution in [3.8, 4) is 0 Å². The van der Waals surface area contributed by atoms with E-state index in [2.05, 4.69) is 31.4 Å². The number of carbonyl (C=O) groups excluding carboxylic acids is 1. The summed E-state index contributed by atoms with van der Waals surface area (Å²) in [5.41, 5.74) is 1.46. The van der Waals surface area contributed by atoms with Crippen molar-refractivity contribution < 1.29 is 14.1 Å². The highest BCUT2D eigenvalue weighted by atomic mass is 79.9. The average molecular weight is 423 g/mol. The summed E-state index contributed by atoms with van der Waals surface area (Å²) in [5, 5.41) is 21.6. The fourth-order valence-corrected chi connectivity index (χ4v) is 2.87. The molecule has 0 aliphatic rings. The van der Waals surface area contributed by atoms with Gasteiger partial charge in [0.05, 0.1) is 28.9 Å². The molecule has 26 heavy (non-hydrogen) atoms. The first-order valence-electron chi connectivity index (χ1n) is 7.68. The summed E-state index contributed by atoms with van der Waals surface area (Å²) < 4.78 is 8.92. The Labute approximate surface area is 156 Å². The van der Waals surface area contributed by atoms with E-state index in [4.69, 9.17) is 4.42 Å². The Morgan fingerprint density at radius 1 is 1.46 bits per heavy atom. The molecular weight excluding hydrogens is 408 g/mol. The third kappa shape index (κ3) is 3.52. The second kappa shape index (κ2) is 7.12. The summed E-state index contributed by atoms with van der Waals surface area (Å²) in [6.45, 7) is 4.69. The van der Waals surface area contributed by atoms with Crippen molar-refractivity contribution in [3.63, 3.8) is 0 Å². The monoisotopic (exact) mass is 422 g/mol. The van der Waals surface area contributed by atoms with Crippen molar-refractivity contribution in [2.45, 2.75) is 26.9 Å². The van der Waals surface area contributed by atoms with Gasteiger partial charge in [0.2, 0.25) is 0 Å². The highest BCUT2D eigenvalue weighted by molar-refractivity contribution is 9.10. The molecule has 0 aliphatic heterocycles. The number of hydrogen-bond acceptors (Lipinski definition) is 6. The quantitative estimate of drug-likeness (QED) is 0.481. The Morgan fingerprint density at radius 3 is 2.85 bits per heavy atom. The number of aromatic nitrogens is 4. The normalized spacial score (nSPS) is 10.9. The smallest absolute Gasteiger partial charge is 0.404 e. The zero-order chi connectivity index (χ0) is 18.8. The number of furan rings is 1. The van der Waals surface area contributed by atoms with Gasteiger partial charge in [0, 0.05) is 6.54 Å². The van der Waals surface area contributed by atoms with Crippen molar-refractivity contribution in [2.75, 3.05) is 5.32 Å². The fourth-order valence-electron chi connectivity index (χ4n) is 2.41. The molecule has 3 rings (SSSR count). The maximum Gasteiger partial charge on any atom is 0.404 e. The summed E-state index contributed by atoms with van der Waals surface area (Å²) in [6, 6.07) is 3.16. The lowest BCUT2D eigenvalue weighted by atomic mass is 10.3. The Kier molecular flexibility index (Phi) is 4.89. The number of halogens is 1. The zero-order valence-corrected chi connectivity index (χ0v) is 15.6. The summed E-state index contributed by atoms with van der Waals surface area (Å²) in [7, 11) is 0. The molecule has 0 atom stereocenters. The lowest BCUT2D eigenvalue weighted by Crippen LogP contribution is -2.11. The van der Waals surface area contributed by atoms with Crippen LogP contribution in [-0.2, 0) is 13.1 Å². The number of rotatable bonds is 6. The number of anilines is 1. The van der Waals surface area contributed by atoms with Crippen molar-refractivity contribution in [2.24, 2.45) is 0 Å². The van der Waals surface area contributed by atoms with Gasteiger partial charge in [-0.05, 0) is 46.8 Å². The van der Waals surface area contributed by atoms with Gasteiger partial charge in [-0.15, -0.1) is 0 Å². The van der Waals surface area contributed by atoms with Crippen LogP contribution in [-0.4, -0.2) is 30.4 Å². The molecule has 0 unspecified atom stereocenters. The van der Waals surface area contributed by atoms with Gasteiger partial charge in [-0.1, -0.05) is 0 Å². The van der Waals surface area contributed by atoms with E-state index >= 15 is 0 Å². The van der Waals surface area contributed by atoms with Crippen LogP contribution >= 0.6 is 15.9 Å². The molecule has 0 bridgehead atoms. The molecule has 0 spiro atoms. The van der Waals surface area contributed by atoms with Crippen LogP contribution in [0.2, 0.25) is 0 Å². The van der Waals surface area contributed by atoms with Crippen LogP contribution in [0.25, 0.3) is 0 Å². The lowest BCUT2D eigenvalue weighted by molar-refractivity contribution is -0.390. The predicted octanol–water partition coefficient (Wildman–Crippen LogP) is 2.97. The topological polar surface area (TPSA) is 121 Å². The molecule has 1 N–H and O–H groups in total. The molecule has 136 valence electrons. The van der Waals surface area contributed by atoms with Crippen LogP contribution in [0.3, 0.4) is 0 Å². The average Bonchev–Trinajstić information content (AvgIpc) is 3.28. The Hall–Kier alpha value is -2.95. The van der Waals surface area contributed by atoms with Crippen molar-refractivity contribution >= 4 is 33.3 Å². The Balaban J connectivity index is 1.71. The number of nitro groups is 1. The fraction of sp³-hybridized carbons (Fsp3) is 0.267. The van der Waals surface area contributed by atoms with Crippen molar-refractivity contribution in [3.05, 3.63) is 56.3 Å². The van der Waals surface area contributed by atoms with Crippen molar-refractivity contribution in [1.82, 2.24) is 19.6 Å². The molecular formula is C15H15BrN6O4. The summed E-state index contributed by atoms with van der Waals surface area (Å²) in [6.07, 6.45) is 3.06. The summed E-state index contributed by atoms with van der Waals surface area (Å²) in [5.74, 6) is -0.106. The number of carbonyl (C=O) groups is 1. The molecule has 0 radical (unpaired) electrons. The van der Waals surface area contributed by atoms with E-state index in [0.29, 0.717) is 18.0 Å². The Bertz CT molecular complexity index is 973. The number of nitrogens with one attached hydrogen (secondary N) is 1. The molecule has 0 saturated carbocycles. The van der Waals surface area contributed by atoms with E-state index in [9.17, 15) is 14.9 Å². The SMILES string of the molecule is CCn1ncc(NC(=O)c2ccc(Cn3cc(Br)c([N+](=O)[O-])n3)o2)c1C. The second-order valence-corrected chi connectivity index (χ2v) is 6.29. The minimum atomic E-state index is -0.583. The molecule has 0 saturated heterocycles. The minimum absolute atomic E-state index is 0.129. The van der Waals surface area contributed by atoms with Crippen molar-refractivity contribution in [1.29, 1.82) is 0 Å². The highest BCUT2D eigenvalue weighted by Gasteiger charge is 2.20. The predicted molar refractivity (Wildman–Crippen MR) is 95.0 cm³/mol. The standard InChI is InChI=1S/C15H15BrN6O4/c1-3-21-9(2)12(6-17-21)18-15(23)13-5-4-10(26-13)7-20-8-11(16)14(19-20)22(24)25/h4-6,8H,3,7H2,1-2H3,(H,18,23). The zero-order valence-electron chi connectivity index (χ0n) is 14.0. The molecule has 3 aromatic heterocycles. The number of hydrogen-bond donors (Lipinski definition) is 1. The number of nitrogens with zero attached hydrogens (tertiary/aromatic N) is 5. The second-order valence-electron chi connectivity index (χ2n) is 5.43. The largest absolute Gasteiger partial charge is 0.454 e. The highest BCUT2D eigenvalue weighted by Crippen LogP contribution is 2.23. The number of aryl methyl sites for hydroxylation is 1. The molecule has 0 fully saturated rings. The van der Waals surface area contributed by atoms with E-state index in [1.807, 2.05) is 13.8 Å². The van der Waals surface area contributed by atoms with E-state index in [1.54, 1.807) is 16.9 Å². The first-order valence-corrected chi connectivity index (χ1v) is 8.48. The van der Waals surface area contributed by atoms with Gasteiger partial charge in [-0.25, -0.2) is 0 Å². The third-order valence-corrected chi connectivity index (χ3v) is 4.29. The van der Waals surface area contributed by atoms with Crippen LogP contribution in [0.4, 0.5) is 11.5 Å². The van der Waals surface area contributed by atoms with Gasteiger partial charge in [0.1, 0.15) is 16.8 Å². The van der Waals surface area contributed by atoms with Gasteiger partial charge in [-0.2, -0.15) is 9.78 Å². The van der Waals surface area contributed by atoms with Gasteiger partial charge in [0.25, 0.3) is 5.91 Å². The van der Waals surface area contributed by atoms with Crippen LogP contribution in [0, 0.1) is 17.0 Å². The van der Waals surface area contributed by atoms with Crippen LogP contribution in [0.15, 0.2) is 33.4 Å². The third-order valence-electron chi connectivity index (χ3n) is 3.73. The van der Waals surface area contributed by atoms with Gasteiger partial charge < -0.3 is 19.8 Å². The molecule has 3 heterocycles. The minimum Gasteiger partial charge on any atom is -0.454 e. The molecule has 11 heteroatoms. The van der Waals surface area contributed by atoms with E-state index < -0.39 is 10.8 Å². The Morgan fingerprint density at radius 2 is 2.23 bits per heavy atom. The number of amides is 1. The first kappa shape index (κ1) is 17.9. The lowest BCUT2D eigenvalue weighted by Gasteiger charge is -2.03. The molecule has 3 aromatic rings. The first-order chi connectivity index (χ1) is 12.4. The maximum absolute atomic E-state index is 12.3. The molecule has 1 amide bonds. The molecule has 0 aliphatic carbocycles. The van der Waals surface area contributed by atoms with Crippen LogP contribution in [0.1, 0.15) is 28.9 Å². The van der Waals surface area contributed by atoms with Gasteiger partial charge in [0.15, 0.2) is 5.76 Å². The molecule has 0 aromatic carbocycles. The van der Waals surface area contributed by atoms with Gasteiger partial charge in [-0.3, -0.25) is 9.48 Å². The summed E-state index contributed by atoms with van der Waals surface area (Å²) >= 11 is 3.08. The molecule has 10 nitrogen and oxygen atoms in total. The maximum atomic E-state index is 12.3. The van der Waals surface area contributed by atoms with Crippen LogP contribution < -0.4 is 5.32 Å². The summed E-state index contributed by atoms with van der Waals surface area (Å²) in [4.78, 5) is 22.6. The van der Waals surface area contributed by atoms with E-state index in [1.165, 1.54) is 16.9 Å². The van der Waals surface area contributed by atoms with Gasteiger partial charge >= 0.3 is 5.82 Å².